The zero-order chi connectivity index (χ0) is 18.5. The van der Waals surface area contributed by atoms with E-state index >= 15 is 0 Å². The second-order valence-corrected chi connectivity index (χ2v) is 10.7. The van der Waals surface area contributed by atoms with Crippen molar-refractivity contribution in [2.45, 2.75) is 64.0 Å². The standard InChI is InChI=1S/C22H29Br2N3/c1-14-11-17(23)21(18(24)12-14)25-20-8-2-7-19-16-6-4-10-26-9-3-5-15(22(16)26)13-27(19)20/h11-12,15-16,19,22H,2-10,13H2,1H3/t15-,16-,19-,22+/m1/s1. The van der Waals surface area contributed by atoms with Crippen LogP contribution < -0.4 is 0 Å². The molecule has 0 aliphatic carbocycles. The number of hydrogen-bond acceptors (Lipinski definition) is 2. The molecule has 0 spiro atoms. The minimum atomic E-state index is 0.711. The van der Waals surface area contributed by atoms with Crippen LogP contribution in [0.3, 0.4) is 0 Å². The van der Waals surface area contributed by atoms with Crippen molar-refractivity contribution >= 4 is 43.4 Å². The van der Waals surface area contributed by atoms with E-state index in [4.69, 9.17) is 4.99 Å². The predicted molar refractivity (Wildman–Crippen MR) is 119 cm³/mol. The summed E-state index contributed by atoms with van der Waals surface area (Å²) in [5.41, 5.74) is 2.32. The highest BCUT2D eigenvalue weighted by molar-refractivity contribution is 9.11. The minimum absolute atomic E-state index is 0.711. The molecule has 0 unspecified atom stereocenters. The van der Waals surface area contributed by atoms with Crippen LogP contribution in [0.1, 0.15) is 50.5 Å². The number of fused-ring (bicyclic) bond motifs is 2. The number of piperidine rings is 4. The van der Waals surface area contributed by atoms with Crippen LogP contribution in [0, 0.1) is 18.8 Å². The Bertz CT molecular complexity index is 737. The number of halogens is 2. The van der Waals surface area contributed by atoms with E-state index in [1.165, 1.54) is 69.6 Å². The number of rotatable bonds is 1. The third-order valence-corrected chi connectivity index (χ3v) is 8.51. The maximum Gasteiger partial charge on any atom is 0.105 e. The number of benzene rings is 1. The average Bonchev–Trinajstić information content (AvgIpc) is 2.65. The van der Waals surface area contributed by atoms with Crippen LogP contribution in [0.25, 0.3) is 0 Å². The van der Waals surface area contributed by atoms with Crippen LogP contribution in [0.15, 0.2) is 26.1 Å². The molecule has 0 N–H and O–H groups in total. The van der Waals surface area contributed by atoms with Gasteiger partial charge in [-0.2, -0.15) is 0 Å². The van der Waals surface area contributed by atoms with Gasteiger partial charge in [0.15, 0.2) is 0 Å². The normalized spacial score (nSPS) is 35.1. The van der Waals surface area contributed by atoms with Gasteiger partial charge < -0.3 is 4.90 Å². The molecule has 27 heavy (non-hydrogen) atoms. The molecule has 0 saturated carbocycles. The van der Waals surface area contributed by atoms with E-state index in [0.29, 0.717) is 6.04 Å². The molecule has 4 atom stereocenters. The third kappa shape index (κ3) is 3.32. The number of aliphatic imine (C=N–C) groups is 1. The van der Waals surface area contributed by atoms with Crippen molar-refractivity contribution in [3.05, 3.63) is 26.6 Å². The molecular weight excluding hydrogens is 466 g/mol. The van der Waals surface area contributed by atoms with Gasteiger partial charge in [-0.3, -0.25) is 4.90 Å². The summed E-state index contributed by atoms with van der Waals surface area (Å²) in [4.78, 5) is 10.8. The highest BCUT2D eigenvalue weighted by Crippen LogP contribution is 2.45. The first-order valence-corrected chi connectivity index (χ1v) is 12.2. The highest BCUT2D eigenvalue weighted by Gasteiger charge is 2.49. The molecule has 5 heteroatoms. The molecule has 4 aliphatic heterocycles. The summed E-state index contributed by atoms with van der Waals surface area (Å²) in [6.07, 6.45) is 9.37. The van der Waals surface area contributed by atoms with Gasteiger partial charge in [0.1, 0.15) is 5.84 Å². The van der Waals surface area contributed by atoms with Gasteiger partial charge in [-0.05, 0) is 120 Å². The number of amidine groups is 1. The molecule has 1 aromatic carbocycles. The van der Waals surface area contributed by atoms with E-state index in [0.717, 1.165) is 38.9 Å². The van der Waals surface area contributed by atoms with E-state index in [1.807, 2.05) is 0 Å². The largest absolute Gasteiger partial charge is 0.356 e. The van der Waals surface area contributed by atoms with Gasteiger partial charge in [-0.15, -0.1) is 0 Å². The van der Waals surface area contributed by atoms with E-state index in [1.54, 1.807) is 0 Å². The third-order valence-electron chi connectivity index (χ3n) is 7.31. The molecule has 5 rings (SSSR count). The second kappa shape index (κ2) is 7.46. The molecule has 3 nitrogen and oxygen atoms in total. The van der Waals surface area contributed by atoms with Gasteiger partial charge in [-0.1, -0.05) is 0 Å². The van der Waals surface area contributed by atoms with Crippen molar-refractivity contribution in [1.82, 2.24) is 9.80 Å². The summed E-state index contributed by atoms with van der Waals surface area (Å²) < 4.78 is 2.20. The van der Waals surface area contributed by atoms with E-state index < -0.39 is 0 Å². The molecule has 0 aromatic heterocycles. The predicted octanol–water partition coefficient (Wildman–Crippen LogP) is 5.91. The molecule has 0 radical (unpaired) electrons. The van der Waals surface area contributed by atoms with E-state index in [9.17, 15) is 0 Å². The summed E-state index contributed by atoms with van der Waals surface area (Å²) in [6.45, 7) is 6.04. The van der Waals surface area contributed by atoms with Crippen molar-refractivity contribution < 1.29 is 0 Å². The zero-order valence-electron chi connectivity index (χ0n) is 16.1. The maximum atomic E-state index is 5.22. The summed E-state index contributed by atoms with van der Waals surface area (Å²) in [5.74, 6) is 3.03. The first-order chi connectivity index (χ1) is 13.1. The molecule has 0 amide bonds. The summed E-state index contributed by atoms with van der Waals surface area (Å²) >= 11 is 7.50. The molecule has 4 heterocycles. The fraction of sp³-hybridized carbons (Fsp3) is 0.682. The van der Waals surface area contributed by atoms with Crippen LogP contribution in [0.4, 0.5) is 5.69 Å². The van der Waals surface area contributed by atoms with Gasteiger partial charge in [0.05, 0.1) is 5.69 Å². The Morgan fingerprint density at radius 3 is 2.52 bits per heavy atom. The van der Waals surface area contributed by atoms with Crippen molar-refractivity contribution in [3.8, 4) is 0 Å². The van der Waals surface area contributed by atoms with Gasteiger partial charge in [0, 0.05) is 34.0 Å². The fourth-order valence-corrected chi connectivity index (χ4v) is 7.92. The van der Waals surface area contributed by atoms with Crippen molar-refractivity contribution in [1.29, 1.82) is 0 Å². The summed E-state index contributed by atoms with van der Waals surface area (Å²) in [7, 11) is 0. The number of hydrogen-bond donors (Lipinski definition) is 0. The maximum absolute atomic E-state index is 5.22. The van der Waals surface area contributed by atoms with Crippen LogP contribution in [0.2, 0.25) is 0 Å². The highest BCUT2D eigenvalue weighted by atomic mass is 79.9. The topological polar surface area (TPSA) is 18.8 Å². The molecule has 1 aromatic rings. The average molecular weight is 495 g/mol. The van der Waals surface area contributed by atoms with E-state index in [2.05, 4.69) is 60.7 Å². The quantitative estimate of drug-likeness (QED) is 0.483. The zero-order valence-corrected chi connectivity index (χ0v) is 19.3. The molecule has 146 valence electrons. The Morgan fingerprint density at radius 2 is 1.74 bits per heavy atom. The van der Waals surface area contributed by atoms with Crippen molar-refractivity contribution in [3.63, 3.8) is 0 Å². The van der Waals surface area contributed by atoms with Gasteiger partial charge in [-0.25, -0.2) is 4.99 Å². The van der Waals surface area contributed by atoms with Crippen LogP contribution >= 0.6 is 31.9 Å². The van der Waals surface area contributed by atoms with Gasteiger partial charge >= 0.3 is 0 Å². The first-order valence-electron chi connectivity index (χ1n) is 10.7. The first kappa shape index (κ1) is 18.6. The van der Waals surface area contributed by atoms with E-state index in [-0.39, 0.29) is 0 Å². The van der Waals surface area contributed by atoms with Crippen LogP contribution in [0.5, 0.6) is 0 Å². The minimum Gasteiger partial charge on any atom is -0.356 e. The molecule has 4 aliphatic rings. The van der Waals surface area contributed by atoms with Crippen LogP contribution in [-0.4, -0.2) is 47.4 Å². The Labute approximate surface area is 179 Å². The van der Waals surface area contributed by atoms with Crippen LogP contribution in [-0.2, 0) is 0 Å². The molecule has 4 saturated heterocycles. The van der Waals surface area contributed by atoms with Gasteiger partial charge in [0.25, 0.3) is 0 Å². The second-order valence-electron chi connectivity index (χ2n) is 8.95. The SMILES string of the molecule is Cc1cc(Br)c(N=C2CCC[C@@H]3[C@H]4CCCN5CCC[C@H](CN23)[C@@H]45)c(Br)c1. The lowest BCUT2D eigenvalue weighted by molar-refractivity contribution is -0.0604. The monoisotopic (exact) mass is 493 g/mol. The number of nitrogens with zero attached hydrogens (tertiary/aromatic N) is 3. The molecule has 4 fully saturated rings. The van der Waals surface area contributed by atoms with Crippen molar-refractivity contribution in [2.75, 3.05) is 19.6 Å². The lowest BCUT2D eigenvalue weighted by Crippen LogP contribution is -2.66. The lowest BCUT2D eigenvalue weighted by atomic mass is 9.68. The Kier molecular flexibility index (Phi) is 5.14. The Morgan fingerprint density at radius 1 is 1.00 bits per heavy atom. The van der Waals surface area contributed by atoms with Gasteiger partial charge in [0.2, 0.25) is 0 Å². The lowest BCUT2D eigenvalue weighted by Gasteiger charge is -2.59. The summed E-state index contributed by atoms with van der Waals surface area (Å²) in [6, 6.07) is 5.92. The fourth-order valence-electron chi connectivity index (χ4n) is 6.32. The molecule has 0 bridgehead atoms. The Hall–Kier alpha value is -0.390. The Balaban J connectivity index is 1.49. The smallest absolute Gasteiger partial charge is 0.105 e. The molecular formula is C22H29Br2N3. The van der Waals surface area contributed by atoms with Crippen molar-refractivity contribution in [2.24, 2.45) is 16.8 Å². The summed E-state index contributed by atoms with van der Waals surface area (Å²) in [5, 5.41) is 0. The number of aryl methyl sites for hydroxylation is 1.